The number of carboxylic acid groups (broad SMARTS) is 2. The molecule has 77 heavy (non-hydrogen) atoms. The van der Waals surface area contributed by atoms with Crippen molar-refractivity contribution in [2.24, 2.45) is 0 Å². The number of hydroxylamine groups is 2. The van der Waals surface area contributed by atoms with Gasteiger partial charge in [0.2, 0.25) is 0 Å². The van der Waals surface area contributed by atoms with Crippen LogP contribution in [0.1, 0.15) is 30.2 Å². The number of hydrogen-bond acceptors (Lipinski definition) is 18. The highest BCUT2D eigenvalue weighted by Gasteiger charge is 2.41. The summed E-state index contributed by atoms with van der Waals surface area (Å²) in [6, 6.07) is 39.7. The molecule has 3 aliphatic rings. The third-order valence-electron chi connectivity index (χ3n) is 14.2. The highest BCUT2D eigenvalue weighted by molar-refractivity contribution is 8.00. The van der Waals surface area contributed by atoms with Crippen molar-refractivity contribution in [1.29, 1.82) is 0 Å². The molecule has 0 spiro atoms. The predicted octanol–water partition coefficient (Wildman–Crippen LogP) is 16.5. The van der Waals surface area contributed by atoms with Crippen LogP contribution in [0, 0.1) is 0 Å². The fraction of sp³-hybridized carbons (Fsp3) is 0.0877. The first kappa shape index (κ1) is 47.4. The van der Waals surface area contributed by atoms with Crippen molar-refractivity contribution in [2.75, 3.05) is 12.0 Å². The second-order valence-electron chi connectivity index (χ2n) is 18.4. The summed E-state index contributed by atoms with van der Waals surface area (Å²) >= 11 is 14.4. The maximum Gasteiger partial charge on any atom is 0.338 e. The number of allylic oxidation sites excluding steroid dienone is 2. The van der Waals surface area contributed by atoms with E-state index in [4.69, 9.17) is 14.3 Å². The minimum absolute atomic E-state index is 0.0649. The fourth-order valence-electron chi connectivity index (χ4n) is 10.5. The second kappa shape index (κ2) is 18.7. The Morgan fingerprint density at radius 1 is 0.649 bits per heavy atom. The summed E-state index contributed by atoms with van der Waals surface area (Å²) in [5, 5.41) is 34.5. The molecule has 0 radical (unpaired) electrons. The van der Waals surface area contributed by atoms with E-state index in [-0.39, 0.29) is 22.7 Å². The van der Waals surface area contributed by atoms with Crippen LogP contribution in [0.4, 0.5) is 17.1 Å². The number of anilines is 3. The van der Waals surface area contributed by atoms with Gasteiger partial charge in [0.1, 0.15) is 16.8 Å². The Labute approximate surface area is 469 Å². The van der Waals surface area contributed by atoms with E-state index in [0.717, 1.165) is 61.1 Å². The number of carboxylic acids is 2. The Morgan fingerprint density at radius 2 is 1.30 bits per heavy atom. The van der Waals surface area contributed by atoms with E-state index in [9.17, 15) is 19.8 Å². The summed E-state index contributed by atoms with van der Waals surface area (Å²) in [6.45, 7) is 0. The number of ether oxygens (including phenoxy) is 1. The zero-order chi connectivity index (χ0) is 51.6. The van der Waals surface area contributed by atoms with Gasteiger partial charge in [-0.15, -0.1) is 91.1 Å². The summed E-state index contributed by atoms with van der Waals surface area (Å²) in [4.78, 5) is 42.6. The Kier molecular flexibility index (Phi) is 11.5. The number of benzene rings is 4. The summed E-state index contributed by atoms with van der Waals surface area (Å²) in [7, 11) is 1.69. The van der Waals surface area contributed by atoms with Crippen LogP contribution in [0.15, 0.2) is 153 Å². The SMILES string of the molecule is COc1ccc(N(c2ccc(-c3cc4c(s3)CC(c3sc(C5=CC=C(C(=O)O)C6NONC56)c5ccsc35)S4)cc2)c2ccc(-c3cc4sc(-c5sc(-c6ccc(C(=O)O)c7nonc67)c6ccsc56)cc4s3)cc2)cc1. The van der Waals surface area contributed by atoms with Crippen LogP contribution in [0.5, 0.6) is 5.75 Å². The molecule has 12 aromatic rings. The van der Waals surface area contributed by atoms with Crippen LogP contribution >= 0.6 is 91.1 Å². The van der Waals surface area contributed by atoms with Crippen molar-refractivity contribution >= 4 is 166 Å². The zero-order valence-corrected chi connectivity index (χ0v) is 46.3. The molecule has 0 bridgehead atoms. The topological polar surface area (TPSA) is 159 Å². The van der Waals surface area contributed by atoms with E-state index in [1.807, 2.05) is 58.7 Å². The number of aliphatic carboxylic acids is 1. The molecule has 4 aromatic carbocycles. The number of thioether (sulfide) groups is 1. The standard InChI is InChI=1S/C57H35N5O7S8/c1-67-31-12-10-30(11-13-31)62(28-6-2-26(3-7-28)38-22-40-42(72-38)24-44(74-40)54-52-36(18-20-70-52)50(76-54)32-14-16-34(56(63)64)48-46(32)58-68-60-48)29-8-4-27(5-9-29)39-23-41-43(73-39)25-45(75-41)55-53-37(19-21-71-53)51(77-55)33-15-17-35(57(65)66)49-47(33)59-69-61-49/h2-24,45,47,49,59,61H,25H2,1H3,(H,63,64)(H,65,66). The third-order valence-corrected chi connectivity index (χ3v) is 24.2. The van der Waals surface area contributed by atoms with Crippen LogP contribution in [0.25, 0.3) is 87.3 Å². The first-order chi connectivity index (χ1) is 37.7. The van der Waals surface area contributed by atoms with E-state index >= 15 is 0 Å². The second-order valence-corrected chi connectivity index (χ2v) is 26.9. The summed E-state index contributed by atoms with van der Waals surface area (Å²) in [5.41, 5.74) is 14.2. The van der Waals surface area contributed by atoms with Crippen LogP contribution < -0.4 is 20.6 Å². The molecule has 4 N–H and O–H groups in total. The Balaban J connectivity index is 0.680. The first-order valence-corrected chi connectivity index (χ1v) is 30.7. The minimum Gasteiger partial charge on any atom is -0.497 e. The highest BCUT2D eigenvalue weighted by atomic mass is 32.2. The predicted molar refractivity (Wildman–Crippen MR) is 317 cm³/mol. The molecule has 12 nitrogen and oxygen atoms in total. The Bertz CT molecular complexity index is 4360. The molecule has 3 unspecified atom stereocenters. The number of aromatic carboxylic acids is 1. The van der Waals surface area contributed by atoms with Gasteiger partial charge >= 0.3 is 11.9 Å². The first-order valence-electron chi connectivity index (χ1n) is 24.0. The maximum absolute atomic E-state index is 12.0. The van der Waals surface area contributed by atoms with Crippen LogP contribution in [-0.4, -0.2) is 51.7 Å². The molecule has 378 valence electrons. The summed E-state index contributed by atoms with van der Waals surface area (Å²) < 4.78 is 15.5. The molecule has 10 heterocycles. The molecule has 15 rings (SSSR count). The lowest BCUT2D eigenvalue weighted by Gasteiger charge is -2.26. The van der Waals surface area contributed by atoms with Gasteiger partial charge in [-0.1, -0.05) is 36.4 Å². The summed E-state index contributed by atoms with van der Waals surface area (Å²) in [6.07, 6.45) is 4.59. The lowest BCUT2D eigenvalue weighted by atomic mass is 9.88. The molecule has 1 saturated heterocycles. The molecular weight excluding hydrogens is 1120 g/mol. The lowest BCUT2D eigenvalue weighted by Crippen LogP contribution is -2.40. The number of nitrogens with one attached hydrogen (secondary N) is 2. The van der Waals surface area contributed by atoms with Crippen molar-refractivity contribution in [3.63, 3.8) is 0 Å². The third kappa shape index (κ3) is 7.88. The van der Waals surface area contributed by atoms with Gasteiger partial charge in [-0.05, 0) is 129 Å². The Morgan fingerprint density at radius 3 is 2.00 bits per heavy atom. The number of nitrogens with zero attached hydrogens (tertiary/aromatic N) is 3. The number of thiophene rings is 7. The molecule has 1 fully saturated rings. The molecule has 3 atom stereocenters. The fourth-order valence-corrected chi connectivity index (χ4v) is 21.0. The van der Waals surface area contributed by atoms with E-state index in [1.54, 1.807) is 75.9 Å². The minimum atomic E-state index is -1.07. The number of rotatable bonds is 12. The van der Waals surface area contributed by atoms with Gasteiger partial charge in [-0.2, -0.15) is 11.0 Å². The average Bonchev–Trinajstić information content (AvgIpc) is 4.40. The van der Waals surface area contributed by atoms with Gasteiger partial charge in [0.15, 0.2) is 0 Å². The largest absolute Gasteiger partial charge is 0.497 e. The summed E-state index contributed by atoms with van der Waals surface area (Å²) in [5.74, 6) is -1.23. The highest BCUT2D eigenvalue weighted by Crippen LogP contribution is 2.57. The van der Waals surface area contributed by atoms with Crippen LogP contribution in [0.3, 0.4) is 0 Å². The molecule has 20 heteroatoms. The van der Waals surface area contributed by atoms with Gasteiger partial charge < -0.3 is 19.8 Å². The van der Waals surface area contributed by atoms with Gasteiger partial charge in [0, 0.05) is 93.0 Å². The monoisotopic (exact) mass is 1160 g/mol. The van der Waals surface area contributed by atoms with Crippen molar-refractivity contribution in [3.8, 4) is 46.8 Å². The van der Waals surface area contributed by atoms with E-state index in [0.29, 0.717) is 10.8 Å². The van der Waals surface area contributed by atoms with Crippen molar-refractivity contribution in [2.45, 2.75) is 28.6 Å². The quantitative estimate of drug-likeness (QED) is 0.0916. The van der Waals surface area contributed by atoms with E-state index in [2.05, 4.69) is 128 Å². The van der Waals surface area contributed by atoms with Gasteiger partial charge in [0.25, 0.3) is 0 Å². The van der Waals surface area contributed by atoms with Gasteiger partial charge in [0.05, 0.1) is 45.2 Å². The molecular formula is C57H35N5O7S8. The van der Waals surface area contributed by atoms with Gasteiger partial charge in [-0.25, -0.2) is 19.2 Å². The van der Waals surface area contributed by atoms with Crippen LogP contribution in [0.2, 0.25) is 0 Å². The zero-order valence-electron chi connectivity index (χ0n) is 39.8. The van der Waals surface area contributed by atoms with E-state index in [1.165, 1.54) is 63.9 Å². The number of methoxy groups -OCH3 is 1. The average molecular weight is 1160 g/mol. The smallest absolute Gasteiger partial charge is 0.338 e. The normalized spacial score (nSPS) is 17.1. The van der Waals surface area contributed by atoms with Crippen molar-refractivity contribution in [1.82, 2.24) is 21.3 Å². The molecule has 2 aliphatic heterocycles. The maximum atomic E-state index is 12.0. The molecule has 0 saturated carbocycles. The molecule has 0 amide bonds. The Hall–Kier alpha value is -6.79. The number of carbonyl (C=O) groups is 2. The molecule has 8 aromatic heterocycles. The van der Waals surface area contributed by atoms with Gasteiger partial charge in [-0.3, -0.25) is 0 Å². The number of hydrogen-bond donors (Lipinski definition) is 4. The van der Waals surface area contributed by atoms with E-state index < -0.39 is 18.0 Å². The molecule has 1 aliphatic carbocycles. The van der Waals surface area contributed by atoms with Crippen LogP contribution in [-0.2, 0) is 16.2 Å². The van der Waals surface area contributed by atoms with Crippen molar-refractivity contribution in [3.05, 3.63) is 164 Å². The lowest BCUT2D eigenvalue weighted by molar-refractivity contribution is -0.133. The number of fused-ring (bicyclic) bond motifs is 6. The number of aromatic nitrogens is 2. The van der Waals surface area contributed by atoms with Crippen molar-refractivity contribution < 1.29 is 34.1 Å².